The van der Waals surface area contributed by atoms with Crippen molar-refractivity contribution >= 4 is 11.8 Å². The van der Waals surface area contributed by atoms with Gasteiger partial charge >= 0.3 is 0 Å². The van der Waals surface area contributed by atoms with Gasteiger partial charge in [0.05, 0.1) is 20.3 Å². The Hall–Kier alpha value is -3.13. The second kappa shape index (κ2) is 7.18. The number of rotatable bonds is 5. The fraction of sp³-hybridized carbons (Fsp3) is 0.235. The molecule has 1 fully saturated rings. The highest BCUT2D eigenvalue weighted by atomic mass is 16.5. The Morgan fingerprint density at radius 2 is 2.00 bits per heavy atom. The van der Waals surface area contributed by atoms with Crippen LogP contribution in [0, 0.1) is 0 Å². The average molecular weight is 342 g/mol. The molecule has 0 radical (unpaired) electrons. The van der Waals surface area contributed by atoms with E-state index in [0.29, 0.717) is 17.1 Å². The lowest BCUT2D eigenvalue weighted by Gasteiger charge is -2.18. The van der Waals surface area contributed by atoms with Crippen molar-refractivity contribution < 1.29 is 19.1 Å². The summed E-state index contributed by atoms with van der Waals surface area (Å²) in [5, 5.41) is 2.74. The van der Waals surface area contributed by atoms with Crippen LogP contribution >= 0.6 is 0 Å². The first-order chi connectivity index (χ1) is 12.1. The number of aromatic nitrogens is 1. The van der Waals surface area contributed by atoms with E-state index in [1.165, 1.54) is 14.2 Å². The molecule has 0 bridgehead atoms. The minimum atomic E-state index is -0.759. The molecule has 1 aliphatic rings. The molecule has 1 aromatic carbocycles. The van der Waals surface area contributed by atoms with Gasteiger partial charge in [-0.3, -0.25) is 20.0 Å². The van der Waals surface area contributed by atoms with Crippen LogP contribution in [-0.4, -0.2) is 37.1 Å². The minimum absolute atomic E-state index is 0.317. The molecule has 0 aliphatic carbocycles. The van der Waals surface area contributed by atoms with Crippen molar-refractivity contribution in [3.63, 3.8) is 0 Å². The first-order valence-corrected chi connectivity index (χ1v) is 7.62. The van der Waals surface area contributed by atoms with E-state index in [1.807, 2.05) is 6.07 Å². The molecule has 8 heteroatoms. The Morgan fingerprint density at radius 3 is 2.68 bits per heavy atom. The van der Waals surface area contributed by atoms with Gasteiger partial charge in [0.2, 0.25) is 0 Å². The Labute approximate surface area is 144 Å². The Kier molecular flexibility index (Phi) is 4.80. The van der Waals surface area contributed by atoms with Crippen molar-refractivity contribution in [2.45, 2.75) is 12.1 Å². The van der Waals surface area contributed by atoms with Crippen molar-refractivity contribution in [2.75, 3.05) is 14.2 Å². The molecule has 2 heterocycles. The fourth-order valence-corrected chi connectivity index (χ4v) is 2.65. The number of hydrogen-bond donors (Lipinski definition) is 3. The van der Waals surface area contributed by atoms with Gasteiger partial charge in [0.25, 0.3) is 11.8 Å². The Balaban J connectivity index is 1.80. The molecule has 2 atom stereocenters. The van der Waals surface area contributed by atoms with E-state index in [0.717, 1.165) is 5.56 Å². The highest BCUT2D eigenvalue weighted by Gasteiger charge is 2.37. The summed E-state index contributed by atoms with van der Waals surface area (Å²) in [5.74, 6) is 0.252. The average Bonchev–Trinajstić information content (AvgIpc) is 3.02. The molecule has 2 amide bonds. The second-order valence-corrected chi connectivity index (χ2v) is 5.42. The van der Waals surface area contributed by atoms with Crippen LogP contribution in [0.25, 0.3) is 0 Å². The SMILES string of the molecule is COc1ccc(C(=O)N[C@@H]2C(=O)NN[C@@H]2c2cccnc2)cc1OC. The van der Waals surface area contributed by atoms with Gasteiger partial charge in [-0.2, -0.15) is 0 Å². The molecule has 3 rings (SSSR count). The zero-order valence-electron chi connectivity index (χ0n) is 13.8. The molecule has 0 spiro atoms. The third-order valence-electron chi connectivity index (χ3n) is 3.94. The van der Waals surface area contributed by atoms with Crippen LogP contribution in [0.2, 0.25) is 0 Å². The molecule has 25 heavy (non-hydrogen) atoms. The van der Waals surface area contributed by atoms with Gasteiger partial charge < -0.3 is 14.8 Å². The van der Waals surface area contributed by atoms with Crippen molar-refractivity contribution in [1.82, 2.24) is 21.2 Å². The number of benzene rings is 1. The minimum Gasteiger partial charge on any atom is -0.493 e. The maximum Gasteiger partial charge on any atom is 0.258 e. The highest BCUT2D eigenvalue weighted by molar-refractivity contribution is 5.98. The molecule has 1 saturated heterocycles. The molecule has 2 aromatic rings. The van der Waals surface area contributed by atoms with E-state index >= 15 is 0 Å². The largest absolute Gasteiger partial charge is 0.493 e. The highest BCUT2D eigenvalue weighted by Crippen LogP contribution is 2.28. The predicted octanol–water partition coefficient (Wildman–Crippen LogP) is 0.573. The predicted molar refractivity (Wildman–Crippen MR) is 89.1 cm³/mol. The lowest BCUT2D eigenvalue weighted by atomic mass is 10.0. The molecule has 130 valence electrons. The summed E-state index contributed by atoms with van der Waals surface area (Å²) < 4.78 is 10.4. The summed E-state index contributed by atoms with van der Waals surface area (Å²) >= 11 is 0. The van der Waals surface area contributed by atoms with Gasteiger partial charge in [0.15, 0.2) is 11.5 Å². The number of carbonyl (C=O) groups is 2. The monoisotopic (exact) mass is 342 g/mol. The molecule has 0 saturated carbocycles. The third-order valence-corrected chi connectivity index (χ3v) is 3.94. The molecule has 3 N–H and O–H groups in total. The molecule has 1 aliphatic heterocycles. The van der Waals surface area contributed by atoms with Crippen molar-refractivity contribution in [2.24, 2.45) is 0 Å². The second-order valence-electron chi connectivity index (χ2n) is 5.42. The van der Waals surface area contributed by atoms with Gasteiger partial charge in [-0.05, 0) is 29.8 Å². The lowest BCUT2D eigenvalue weighted by molar-refractivity contribution is -0.121. The van der Waals surface area contributed by atoms with E-state index in [2.05, 4.69) is 21.2 Å². The van der Waals surface area contributed by atoms with E-state index in [1.54, 1.807) is 36.7 Å². The van der Waals surface area contributed by atoms with Gasteiger partial charge in [0.1, 0.15) is 6.04 Å². The van der Waals surface area contributed by atoms with E-state index < -0.39 is 18.0 Å². The molecule has 1 aromatic heterocycles. The maximum atomic E-state index is 12.6. The summed E-state index contributed by atoms with van der Waals surface area (Å²) in [5.41, 5.74) is 6.56. The summed E-state index contributed by atoms with van der Waals surface area (Å²) in [7, 11) is 3.01. The number of nitrogens with one attached hydrogen (secondary N) is 3. The van der Waals surface area contributed by atoms with Crippen LogP contribution < -0.4 is 25.6 Å². The van der Waals surface area contributed by atoms with E-state index in [4.69, 9.17) is 9.47 Å². The fourth-order valence-electron chi connectivity index (χ4n) is 2.65. The zero-order chi connectivity index (χ0) is 17.8. The first-order valence-electron chi connectivity index (χ1n) is 7.62. The van der Waals surface area contributed by atoms with Crippen LogP contribution in [0.5, 0.6) is 11.5 Å². The van der Waals surface area contributed by atoms with Crippen LogP contribution in [0.3, 0.4) is 0 Å². The van der Waals surface area contributed by atoms with E-state index in [9.17, 15) is 9.59 Å². The standard InChI is InChI=1S/C17H18N4O4/c1-24-12-6-5-10(8-13(12)25-2)16(22)19-15-14(20-21-17(15)23)11-4-3-7-18-9-11/h3-9,14-15,20H,1-2H3,(H,19,22)(H,21,23)/t14-,15+/m1/s1. The van der Waals surface area contributed by atoms with Crippen molar-refractivity contribution in [1.29, 1.82) is 0 Å². The van der Waals surface area contributed by atoms with Crippen LogP contribution in [0.4, 0.5) is 0 Å². The normalized spacial score (nSPS) is 19.2. The van der Waals surface area contributed by atoms with Gasteiger partial charge in [0, 0.05) is 18.0 Å². The van der Waals surface area contributed by atoms with Crippen LogP contribution in [0.15, 0.2) is 42.7 Å². The summed E-state index contributed by atoms with van der Waals surface area (Å²) in [6.45, 7) is 0. The Bertz CT molecular complexity index is 781. The topological polar surface area (TPSA) is 102 Å². The van der Waals surface area contributed by atoms with Gasteiger partial charge in [-0.25, -0.2) is 5.43 Å². The summed E-state index contributed by atoms with van der Waals surface area (Å²) in [4.78, 5) is 28.7. The molecular formula is C17H18N4O4. The number of methoxy groups -OCH3 is 2. The van der Waals surface area contributed by atoms with Crippen molar-refractivity contribution in [3.8, 4) is 11.5 Å². The lowest BCUT2D eigenvalue weighted by Crippen LogP contribution is -2.42. The Morgan fingerprint density at radius 1 is 1.20 bits per heavy atom. The number of nitrogens with zero attached hydrogens (tertiary/aromatic N) is 1. The van der Waals surface area contributed by atoms with Gasteiger partial charge in [-0.1, -0.05) is 6.07 Å². The number of hydrogen-bond acceptors (Lipinski definition) is 6. The van der Waals surface area contributed by atoms with Crippen LogP contribution in [-0.2, 0) is 4.79 Å². The first kappa shape index (κ1) is 16.7. The number of carbonyl (C=O) groups excluding carboxylic acids is 2. The smallest absolute Gasteiger partial charge is 0.258 e. The number of pyridine rings is 1. The number of ether oxygens (including phenoxy) is 2. The molecule has 0 unspecified atom stereocenters. The zero-order valence-corrected chi connectivity index (χ0v) is 13.8. The summed E-state index contributed by atoms with van der Waals surface area (Å²) in [6, 6.07) is 7.24. The quantitative estimate of drug-likeness (QED) is 0.734. The maximum absolute atomic E-state index is 12.6. The summed E-state index contributed by atoms with van der Waals surface area (Å²) in [6.07, 6.45) is 3.29. The molecule has 8 nitrogen and oxygen atoms in total. The number of amides is 2. The van der Waals surface area contributed by atoms with Crippen molar-refractivity contribution in [3.05, 3.63) is 53.9 Å². The van der Waals surface area contributed by atoms with Crippen LogP contribution in [0.1, 0.15) is 22.0 Å². The third kappa shape index (κ3) is 3.38. The van der Waals surface area contributed by atoms with Gasteiger partial charge in [-0.15, -0.1) is 0 Å². The molecular weight excluding hydrogens is 324 g/mol. The van der Waals surface area contributed by atoms with E-state index in [-0.39, 0.29) is 5.91 Å². The number of hydrazine groups is 1.